The van der Waals surface area contributed by atoms with E-state index in [2.05, 4.69) is 23.0 Å². The highest BCUT2D eigenvalue weighted by molar-refractivity contribution is 5.53. The second-order valence-corrected chi connectivity index (χ2v) is 3.38. The lowest BCUT2D eigenvalue weighted by Gasteiger charge is -2.01. The molecule has 0 spiro atoms. The fourth-order valence-electron chi connectivity index (χ4n) is 0.516. The van der Waals surface area contributed by atoms with Crippen LogP contribution in [0.4, 0.5) is 4.79 Å². The van der Waals surface area contributed by atoms with Crippen molar-refractivity contribution in [3.63, 3.8) is 0 Å². The molecule has 5 heteroatoms. The molecule has 0 saturated heterocycles. The summed E-state index contributed by atoms with van der Waals surface area (Å²) in [6, 6.07) is 0. The minimum Gasteiger partial charge on any atom is -0.450 e. The van der Waals surface area contributed by atoms with Crippen molar-refractivity contribution >= 4 is 6.16 Å². The minimum atomic E-state index is -1.83. The molecule has 0 atom stereocenters. The van der Waals surface area contributed by atoms with Crippen molar-refractivity contribution in [1.29, 1.82) is 0 Å². The van der Waals surface area contributed by atoms with Crippen molar-refractivity contribution in [2.24, 2.45) is 0 Å². The number of nitrogens with zero attached hydrogens (tertiary/aromatic N) is 2. The largest absolute Gasteiger partial charge is 0.503 e. The van der Waals surface area contributed by atoms with E-state index in [1.165, 1.54) is 0 Å². The van der Waals surface area contributed by atoms with Crippen molar-refractivity contribution in [2.75, 3.05) is 41.3 Å². The van der Waals surface area contributed by atoms with Gasteiger partial charge in [-0.05, 0) is 28.2 Å². The summed E-state index contributed by atoms with van der Waals surface area (Å²) in [5.41, 5.74) is 0. The van der Waals surface area contributed by atoms with Gasteiger partial charge in [-0.3, -0.25) is 0 Å². The van der Waals surface area contributed by atoms with Crippen LogP contribution in [0.2, 0.25) is 0 Å². The Bertz CT molecular complexity index is 162. The van der Waals surface area contributed by atoms with Crippen molar-refractivity contribution in [2.45, 2.75) is 0 Å². The summed E-state index contributed by atoms with van der Waals surface area (Å²) in [4.78, 5) is 12.7. The van der Waals surface area contributed by atoms with E-state index in [-0.39, 0.29) is 0 Å². The maximum Gasteiger partial charge on any atom is 0.503 e. The Morgan fingerprint density at radius 2 is 1.19 bits per heavy atom. The molecule has 0 aliphatic heterocycles. The normalized spacial score (nSPS) is 8.38. The number of carbonyl (C=O) groups is 1. The minimum absolute atomic E-state index is 0.972. The van der Waals surface area contributed by atoms with Gasteiger partial charge >= 0.3 is 6.16 Å². The van der Waals surface area contributed by atoms with Crippen LogP contribution in [0.15, 0.2) is 25.3 Å². The zero-order chi connectivity index (χ0) is 13.6. The molecule has 0 fully saturated rings. The summed E-state index contributed by atoms with van der Waals surface area (Å²) in [6.07, 6.45) is 1.92. The van der Waals surface area contributed by atoms with Crippen molar-refractivity contribution in [3.8, 4) is 0 Å². The van der Waals surface area contributed by atoms with E-state index in [1.807, 2.05) is 40.3 Å². The maximum atomic E-state index is 8.56. The van der Waals surface area contributed by atoms with Gasteiger partial charge in [0.2, 0.25) is 0 Å². The molecule has 0 rings (SSSR count). The topological polar surface area (TPSA) is 64.0 Å². The molecule has 96 valence electrons. The van der Waals surface area contributed by atoms with Gasteiger partial charge in [-0.1, -0.05) is 12.2 Å². The average molecular weight is 232 g/mol. The van der Waals surface area contributed by atoms with Gasteiger partial charge in [0.25, 0.3) is 0 Å². The first-order chi connectivity index (χ1) is 7.27. The number of carboxylic acid groups (broad SMARTS) is 2. The monoisotopic (exact) mass is 232 g/mol. The molecule has 2 N–H and O–H groups in total. The number of likely N-dealkylation sites (N-methyl/N-ethyl adjacent to an activating group) is 2. The second kappa shape index (κ2) is 16.1. The van der Waals surface area contributed by atoms with Crippen LogP contribution in [-0.2, 0) is 0 Å². The summed E-state index contributed by atoms with van der Waals surface area (Å²) >= 11 is 0. The maximum absolute atomic E-state index is 8.56. The SMILES string of the molecule is C=CCN(C)C.C=CCN(C)C.O=C(O)O. The lowest BCUT2D eigenvalue weighted by Crippen LogP contribution is -2.09. The van der Waals surface area contributed by atoms with E-state index in [0.29, 0.717) is 0 Å². The molecule has 0 bridgehead atoms. The summed E-state index contributed by atoms with van der Waals surface area (Å²) in [7, 11) is 8.06. The summed E-state index contributed by atoms with van der Waals surface area (Å²) < 4.78 is 0. The fraction of sp³-hybridized carbons (Fsp3) is 0.545. The number of hydrogen-bond acceptors (Lipinski definition) is 3. The van der Waals surface area contributed by atoms with Crippen LogP contribution in [0.1, 0.15) is 0 Å². The molecular formula is C11H24N2O3. The van der Waals surface area contributed by atoms with E-state index in [1.54, 1.807) is 0 Å². The number of rotatable bonds is 4. The lowest BCUT2D eigenvalue weighted by atomic mass is 10.6. The van der Waals surface area contributed by atoms with E-state index >= 15 is 0 Å². The first kappa shape index (κ1) is 20.1. The molecule has 0 heterocycles. The Balaban J connectivity index is -0.000000162. The van der Waals surface area contributed by atoms with E-state index < -0.39 is 6.16 Å². The van der Waals surface area contributed by atoms with Gasteiger partial charge < -0.3 is 20.0 Å². The van der Waals surface area contributed by atoms with Crippen LogP contribution >= 0.6 is 0 Å². The van der Waals surface area contributed by atoms with Crippen molar-refractivity contribution in [3.05, 3.63) is 25.3 Å². The summed E-state index contributed by atoms with van der Waals surface area (Å²) in [5.74, 6) is 0. The summed E-state index contributed by atoms with van der Waals surface area (Å²) in [6.45, 7) is 9.06. The number of hydrogen-bond donors (Lipinski definition) is 2. The summed E-state index contributed by atoms with van der Waals surface area (Å²) in [5, 5.41) is 13.9. The predicted molar refractivity (Wildman–Crippen MR) is 68.2 cm³/mol. The van der Waals surface area contributed by atoms with Crippen LogP contribution in [0.5, 0.6) is 0 Å². The van der Waals surface area contributed by atoms with E-state index in [0.717, 1.165) is 13.1 Å². The first-order valence-electron chi connectivity index (χ1n) is 4.71. The van der Waals surface area contributed by atoms with Gasteiger partial charge in [0.15, 0.2) is 0 Å². The highest BCUT2D eigenvalue weighted by atomic mass is 16.6. The quantitative estimate of drug-likeness (QED) is 0.722. The van der Waals surface area contributed by atoms with E-state index in [4.69, 9.17) is 15.0 Å². The molecule has 0 aromatic rings. The highest BCUT2D eigenvalue weighted by Gasteiger charge is 1.76. The van der Waals surface area contributed by atoms with Crippen molar-refractivity contribution in [1.82, 2.24) is 9.80 Å². The Morgan fingerprint density at radius 3 is 1.19 bits per heavy atom. The Morgan fingerprint density at radius 1 is 1.00 bits per heavy atom. The first-order valence-corrected chi connectivity index (χ1v) is 4.71. The highest BCUT2D eigenvalue weighted by Crippen LogP contribution is 1.69. The van der Waals surface area contributed by atoms with Gasteiger partial charge in [0.1, 0.15) is 0 Å². The molecule has 5 nitrogen and oxygen atoms in total. The third-order valence-corrected chi connectivity index (χ3v) is 0.988. The van der Waals surface area contributed by atoms with Crippen LogP contribution < -0.4 is 0 Å². The smallest absolute Gasteiger partial charge is 0.450 e. The standard InChI is InChI=1S/2C5H11N.CH2O3/c2*1-4-5-6(2)3;2-1(3)4/h2*4H,1,5H2,2-3H3;(H2,2,3,4). The van der Waals surface area contributed by atoms with Gasteiger partial charge in [0.05, 0.1) is 0 Å². The average Bonchev–Trinajstić information content (AvgIpc) is 2.02. The van der Waals surface area contributed by atoms with E-state index in [9.17, 15) is 0 Å². The molecule has 0 radical (unpaired) electrons. The van der Waals surface area contributed by atoms with Gasteiger partial charge in [0, 0.05) is 13.1 Å². The third-order valence-electron chi connectivity index (χ3n) is 0.988. The van der Waals surface area contributed by atoms with Gasteiger partial charge in [-0.2, -0.15) is 0 Å². The van der Waals surface area contributed by atoms with Gasteiger partial charge in [-0.25, -0.2) is 4.79 Å². The zero-order valence-corrected chi connectivity index (χ0v) is 10.7. The predicted octanol–water partition coefficient (Wildman–Crippen LogP) is 1.69. The molecule has 0 unspecified atom stereocenters. The third kappa shape index (κ3) is 79.1. The molecule has 0 aliphatic rings. The fourth-order valence-corrected chi connectivity index (χ4v) is 0.516. The second-order valence-electron chi connectivity index (χ2n) is 3.38. The molecule has 0 saturated carbocycles. The Kier molecular flexibility index (Phi) is 20.3. The molecule has 0 amide bonds. The van der Waals surface area contributed by atoms with Crippen LogP contribution in [0.25, 0.3) is 0 Å². The Hall–Kier alpha value is -1.33. The van der Waals surface area contributed by atoms with Crippen molar-refractivity contribution < 1.29 is 15.0 Å². The molecule has 16 heavy (non-hydrogen) atoms. The zero-order valence-electron chi connectivity index (χ0n) is 10.7. The molecule has 0 aromatic carbocycles. The molecule has 0 aromatic heterocycles. The van der Waals surface area contributed by atoms with Gasteiger partial charge in [-0.15, -0.1) is 13.2 Å². The molecular weight excluding hydrogens is 208 g/mol. The molecule has 0 aliphatic carbocycles. The Labute approximate surface area is 98.3 Å². The lowest BCUT2D eigenvalue weighted by molar-refractivity contribution is 0.137. The van der Waals surface area contributed by atoms with Crippen LogP contribution in [0.3, 0.4) is 0 Å². The van der Waals surface area contributed by atoms with Crippen LogP contribution in [-0.4, -0.2) is 67.4 Å². The van der Waals surface area contributed by atoms with Crippen LogP contribution in [0, 0.1) is 0 Å².